The minimum absolute atomic E-state index is 0.0260. The summed E-state index contributed by atoms with van der Waals surface area (Å²) in [7, 11) is 0. The van der Waals surface area contributed by atoms with Crippen molar-refractivity contribution in [1.29, 1.82) is 0 Å². The van der Waals surface area contributed by atoms with Crippen molar-refractivity contribution in [3.05, 3.63) is 29.7 Å². The van der Waals surface area contributed by atoms with Gasteiger partial charge in [-0.2, -0.15) is 13.2 Å². The van der Waals surface area contributed by atoms with E-state index in [-0.39, 0.29) is 19.0 Å². The first kappa shape index (κ1) is 18.8. The summed E-state index contributed by atoms with van der Waals surface area (Å²) < 4.78 is 48.8. The fraction of sp³-hybridized carbons (Fsp3) is 0.500. The SMILES string of the molecule is O[C@@H]1[C@H](O)[C@@H](Nc2cncc(C(F)(F)F)n2)CO[C@@H]1COc1nccs1. The van der Waals surface area contributed by atoms with Crippen LogP contribution in [0, 0.1) is 0 Å². The summed E-state index contributed by atoms with van der Waals surface area (Å²) in [6.45, 7) is -0.0934. The molecule has 12 heteroatoms. The summed E-state index contributed by atoms with van der Waals surface area (Å²) in [6.07, 6.45) is -4.80. The normalized spacial score (nSPS) is 26.5. The Morgan fingerprint density at radius 1 is 1.31 bits per heavy atom. The molecule has 0 saturated carbocycles. The molecule has 0 bridgehead atoms. The monoisotopic (exact) mass is 392 g/mol. The quantitative estimate of drug-likeness (QED) is 0.690. The number of aliphatic hydroxyl groups is 2. The molecule has 0 aromatic carbocycles. The Kier molecular flexibility index (Phi) is 5.55. The van der Waals surface area contributed by atoms with Gasteiger partial charge in [-0.25, -0.2) is 9.97 Å². The van der Waals surface area contributed by atoms with Crippen LogP contribution >= 0.6 is 11.3 Å². The summed E-state index contributed by atoms with van der Waals surface area (Å²) in [5.74, 6) is -0.183. The van der Waals surface area contributed by atoms with Crippen molar-refractivity contribution >= 4 is 17.2 Å². The lowest BCUT2D eigenvalue weighted by Gasteiger charge is -2.37. The number of aromatic nitrogens is 3. The third kappa shape index (κ3) is 4.38. The highest BCUT2D eigenvalue weighted by Crippen LogP contribution is 2.28. The number of halogens is 3. The summed E-state index contributed by atoms with van der Waals surface area (Å²) in [5.41, 5.74) is -1.16. The van der Waals surface area contributed by atoms with E-state index in [0.717, 1.165) is 6.20 Å². The Labute approximate surface area is 149 Å². The molecule has 0 spiro atoms. The van der Waals surface area contributed by atoms with Crippen LogP contribution in [-0.2, 0) is 10.9 Å². The molecule has 8 nitrogen and oxygen atoms in total. The van der Waals surface area contributed by atoms with Crippen LogP contribution in [0.3, 0.4) is 0 Å². The molecule has 1 saturated heterocycles. The Bertz CT molecular complexity index is 718. The van der Waals surface area contributed by atoms with Crippen LogP contribution in [0.2, 0.25) is 0 Å². The van der Waals surface area contributed by atoms with E-state index in [2.05, 4.69) is 20.3 Å². The maximum atomic E-state index is 12.7. The van der Waals surface area contributed by atoms with Gasteiger partial charge in [0, 0.05) is 11.6 Å². The Hall–Kier alpha value is -2.02. The van der Waals surface area contributed by atoms with Crippen LogP contribution < -0.4 is 10.1 Å². The zero-order chi connectivity index (χ0) is 18.7. The number of hydrogen-bond acceptors (Lipinski definition) is 9. The zero-order valence-corrected chi connectivity index (χ0v) is 13.9. The smallest absolute Gasteiger partial charge is 0.434 e. The standard InChI is InChI=1S/C14H15F3N4O4S/c15-14(16,17)9-3-18-4-10(21-9)20-7-5-24-8(12(23)11(7)22)6-25-13-19-1-2-26-13/h1-4,7-8,11-12,22-23H,5-6H2,(H,20,21)/t7-,8+,11+,12-/m0/s1. The van der Waals surface area contributed by atoms with Gasteiger partial charge in [0.15, 0.2) is 5.69 Å². The molecule has 1 aliphatic rings. The van der Waals surface area contributed by atoms with Crippen molar-refractivity contribution in [3.8, 4) is 5.19 Å². The second-order valence-corrected chi connectivity index (χ2v) is 6.36. The maximum Gasteiger partial charge on any atom is 0.434 e. The molecule has 0 unspecified atom stereocenters. The van der Waals surface area contributed by atoms with Gasteiger partial charge in [-0.15, -0.1) is 0 Å². The number of nitrogens with one attached hydrogen (secondary N) is 1. The number of nitrogens with zero attached hydrogens (tertiary/aromatic N) is 3. The third-order valence-electron chi connectivity index (χ3n) is 3.67. The van der Waals surface area contributed by atoms with E-state index in [4.69, 9.17) is 9.47 Å². The van der Waals surface area contributed by atoms with E-state index >= 15 is 0 Å². The molecular weight excluding hydrogens is 377 g/mol. The fourth-order valence-electron chi connectivity index (χ4n) is 2.35. The summed E-state index contributed by atoms with van der Waals surface area (Å²) >= 11 is 1.27. The zero-order valence-electron chi connectivity index (χ0n) is 13.1. The van der Waals surface area contributed by atoms with E-state index in [1.807, 2.05) is 0 Å². The molecule has 4 atom stereocenters. The number of alkyl halides is 3. The first-order valence-electron chi connectivity index (χ1n) is 7.50. The lowest BCUT2D eigenvalue weighted by Crippen LogP contribution is -2.57. The van der Waals surface area contributed by atoms with Crippen LogP contribution in [-0.4, -0.2) is 62.7 Å². The number of hydrogen-bond donors (Lipinski definition) is 3. The van der Waals surface area contributed by atoms with E-state index < -0.39 is 36.2 Å². The molecule has 3 heterocycles. The minimum atomic E-state index is -4.63. The number of aliphatic hydroxyl groups excluding tert-OH is 2. The van der Waals surface area contributed by atoms with E-state index in [9.17, 15) is 23.4 Å². The Balaban J connectivity index is 1.59. The molecule has 3 N–H and O–H groups in total. The first-order valence-corrected chi connectivity index (χ1v) is 8.38. The number of rotatable bonds is 5. The van der Waals surface area contributed by atoms with Crippen molar-refractivity contribution in [2.45, 2.75) is 30.5 Å². The molecule has 0 aliphatic carbocycles. The average molecular weight is 392 g/mol. The van der Waals surface area contributed by atoms with Crippen LogP contribution in [0.5, 0.6) is 5.19 Å². The van der Waals surface area contributed by atoms with Gasteiger partial charge in [-0.3, -0.25) is 4.98 Å². The molecule has 0 radical (unpaired) electrons. The predicted molar refractivity (Wildman–Crippen MR) is 83.8 cm³/mol. The van der Waals surface area contributed by atoms with Crippen molar-refractivity contribution in [3.63, 3.8) is 0 Å². The van der Waals surface area contributed by atoms with Gasteiger partial charge in [0.05, 0.1) is 25.0 Å². The van der Waals surface area contributed by atoms with Gasteiger partial charge in [0.25, 0.3) is 5.19 Å². The van der Waals surface area contributed by atoms with Gasteiger partial charge >= 0.3 is 6.18 Å². The summed E-state index contributed by atoms with van der Waals surface area (Å²) in [4.78, 5) is 10.8. The van der Waals surface area contributed by atoms with Crippen molar-refractivity contribution < 1.29 is 32.9 Å². The van der Waals surface area contributed by atoms with E-state index in [0.29, 0.717) is 11.4 Å². The lowest BCUT2D eigenvalue weighted by atomic mass is 9.98. The molecular formula is C14H15F3N4O4S. The number of ether oxygens (including phenoxy) is 2. The topological polar surface area (TPSA) is 110 Å². The number of thiazole rings is 1. The highest BCUT2D eigenvalue weighted by Gasteiger charge is 2.39. The van der Waals surface area contributed by atoms with Gasteiger partial charge in [-0.05, 0) is 0 Å². The molecule has 2 aromatic heterocycles. The van der Waals surface area contributed by atoms with Crippen molar-refractivity contribution in [2.75, 3.05) is 18.5 Å². The van der Waals surface area contributed by atoms with Crippen molar-refractivity contribution in [1.82, 2.24) is 15.0 Å². The second kappa shape index (κ2) is 7.70. The van der Waals surface area contributed by atoms with Gasteiger partial charge in [-0.1, -0.05) is 11.3 Å². The molecule has 2 aromatic rings. The fourth-order valence-corrected chi connectivity index (χ4v) is 2.85. The Morgan fingerprint density at radius 3 is 2.81 bits per heavy atom. The molecule has 142 valence electrons. The van der Waals surface area contributed by atoms with Crippen LogP contribution in [0.4, 0.5) is 19.0 Å². The largest absolute Gasteiger partial charge is 0.467 e. The maximum absolute atomic E-state index is 12.7. The molecule has 1 aliphatic heterocycles. The summed E-state index contributed by atoms with van der Waals surface area (Å²) in [6, 6.07) is -0.862. The van der Waals surface area contributed by atoms with Gasteiger partial charge in [0.2, 0.25) is 0 Å². The summed E-state index contributed by atoms with van der Waals surface area (Å²) in [5, 5.41) is 25.1. The number of anilines is 1. The van der Waals surface area contributed by atoms with Crippen LogP contribution in [0.25, 0.3) is 0 Å². The second-order valence-electron chi connectivity index (χ2n) is 5.50. The minimum Gasteiger partial charge on any atom is -0.467 e. The highest BCUT2D eigenvalue weighted by atomic mass is 32.1. The Morgan fingerprint density at radius 2 is 2.12 bits per heavy atom. The lowest BCUT2D eigenvalue weighted by molar-refractivity contribution is -0.150. The van der Waals surface area contributed by atoms with Crippen LogP contribution in [0.1, 0.15) is 5.69 Å². The van der Waals surface area contributed by atoms with Crippen LogP contribution in [0.15, 0.2) is 24.0 Å². The third-order valence-corrected chi connectivity index (χ3v) is 4.35. The first-order chi connectivity index (χ1) is 12.3. The predicted octanol–water partition coefficient (Wildman–Crippen LogP) is 0.932. The molecule has 0 amide bonds. The van der Waals surface area contributed by atoms with E-state index in [1.54, 1.807) is 11.6 Å². The average Bonchev–Trinajstić information content (AvgIpc) is 3.11. The van der Waals surface area contributed by atoms with Gasteiger partial charge in [0.1, 0.15) is 30.7 Å². The van der Waals surface area contributed by atoms with E-state index in [1.165, 1.54) is 11.3 Å². The molecule has 26 heavy (non-hydrogen) atoms. The van der Waals surface area contributed by atoms with Gasteiger partial charge < -0.3 is 25.0 Å². The molecule has 3 rings (SSSR count). The molecule has 1 fully saturated rings. The highest BCUT2D eigenvalue weighted by molar-refractivity contribution is 7.11. The van der Waals surface area contributed by atoms with Crippen molar-refractivity contribution in [2.24, 2.45) is 0 Å².